The molecular weight excluding hydrogens is 425 g/mol. The number of carbonyl (C=O) groups excluding carboxylic acids is 2. The largest absolute Gasteiger partial charge is 0.331 e. The molecule has 0 saturated heterocycles. The average Bonchev–Trinajstić information content (AvgIpc) is 2.61. The molecule has 7 nitrogen and oxygen atoms in total. The summed E-state index contributed by atoms with van der Waals surface area (Å²) < 4.78 is 14.3. The van der Waals surface area contributed by atoms with Crippen LogP contribution in [-0.2, 0) is 9.59 Å². The molecule has 0 aliphatic carbocycles. The number of anilines is 2. The maximum Gasteiger partial charge on any atom is 0.247 e. The summed E-state index contributed by atoms with van der Waals surface area (Å²) in [5, 5.41) is 3.02. The van der Waals surface area contributed by atoms with Crippen LogP contribution in [0, 0.1) is 5.82 Å². The molecule has 2 rings (SSSR count). The van der Waals surface area contributed by atoms with Gasteiger partial charge in [0.1, 0.15) is 12.2 Å². The lowest BCUT2D eigenvalue weighted by Crippen LogP contribution is -2.45. The second-order valence-corrected chi connectivity index (χ2v) is 6.29. The zero-order chi connectivity index (χ0) is 18.9. The summed E-state index contributed by atoms with van der Waals surface area (Å²) >= 11 is 8.35. The SMILES string of the molecule is O=C(CC(=O)NNc1ccccc1F)NNC(=S)Nc1ccc(Br)cc1. The molecule has 0 bridgehead atoms. The summed E-state index contributed by atoms with van der Waals surface area (Å²) in [5.74, 6) is -1.78. The van der Waals surface area contributed by atoms with E-state index in [2.05, 4.69) is 42.9 Å². The summed E-state index contributed by atoms with van der Waals surface area (Å²) in [6.45, 7) is 0. The first-order valence-corrected chi connectivity index (χ1v) is 8.55. The Morgan fingerprint density at radius 2 is 1.62 bits per heavy atom. The molecule has 5 N–H and O–H groups in total. The number of hydrogen-bond donors (Lipinski definition) is 5. The molecular formula is C16H15BrFN5O2S. The number of hydrazine groups is 2. The molecule has 0 atom stereocenters. The lowest BCUT2D eigenvalue weighted by molar-refractivity contribution is -0.129. The van der Waals surface area contributed by atoms with Crippen LogP contribution in [-0.4, -0.2) is 16.9 Å². The molecule has 0 saturated carbocycles. The van der Waals surface area contributed by atoms with E-state index >= 15 is 0 Å². The molecule has 0 aromatic heterocycles. The van der Waals surface area contributed by atoms with Crippen molar-refractivity contribution in [2.75, 3.05) is 10.7 Å². The van der Waals surface area contributed by atoms with E-state index in [1.807, 2.05) is 12.1 Å². The van der Waals surface area contributed by atoms with E-state index in [0.29, 0.717) is 0 Å². The number of amides is 2. The number of carbonyl (C=O) groups is 2. The van der Waals surface area contributed by atoms with Gasteiger partial charge in [-0.1, -0.05) is 28.1 Å². The predicted octanol–water partition coefficient (Wildman–Crippen LogP) is 2.44. The lowest BCUT2D eigenvalue weighted by Gasteiger charge is -2.12. The third-order valence-electron chi connectivity index (χ3n) is 2.95. The Morgan fingerprint density at radius 1 is 0.962 bits per heavy atom. The highest BCUT2D eigenvalue weighted by Crippen LogP contribution is 2.13. The fourth-order valence-corrected chi connectivity index (χ4v) is 2.19. The molecule has 10 heteroatoms. The fourth-order valence-electron chi connectivity index (χ4n) is 1.76. The summed E-state index contributed by atoms with van der Waals surface area (Å²) in [6.07, 6.45) is -0.477. The summed E-state index contributed by atoms with van der Waals surface area (Å²) in [6, 6.07) is 13.1. The van der Waals surface area contributed by atoms with E-state index < -0.39 is 24.1 Å². The topological polar surface area (TPSA) is 94.3 Å². The Hall–Kier alpha value is -2.72. The Balaban J connectivity index is 1.69. The number of benzene rings is 2. The van der Waals surface area contributed by atoms with Crippen molar-refractivity contribution in [3.8, 4) is 0 Å². The third-order valence-corrected chi connectivity index (χ3v) is 3.68. The molecule has 0 heterocycles. The van der Waals surface area contributed by atoms with Gasteiger partial charge in [0, 0.05) is 10.2 Å². The number of thiocarbonyl (C=S) groups is 1. The van der Waals surface area contributed by atoms with Gasteiger partial charge in [0.05, 0.1) is 5.69 Å². The molecule has 2 aromatic carbocycles. The molecule has 0 aliphatic heterocycles. The molecule has 0 unspecified atom stereocenters. The van der Waals surface area contributed by atoms with Crippen LogP contribution in [0.2, 0.25) is 0 Å². The van der Waals surface area contributed by atoms with Gasteiger partial charge in [0.2, 0.25) is 11.8 Å². The van der Waals surface area contributed by atoms with Gasteiger partial charge < -0.3 is 5.32 Å². The maximum atomic E-state index is 13.4. The van der Waals surface area contributed by atoms with Crippen LogP contribution in [0.1, 0.15) is 6.42 Å². The highest BCUT2D eigenvalue weighted by atomic mass is 79.9. The first kappa shape index (κ1) is 19.6. The van der Waals surface area contributed by atoms with Gasteiger partial charge >= 0.3 is 0 Å². The number of nitrogens with one attached hydrogen (secondary N) is 5. The Labute approximate surface area is 162 Å². The maximum absolute atomic E-state index is 13.4. The smallest absolute Gasteiger partial charge is 0.247 e. The zero-order valence-corrected chi connectivity index (χ0v) is 15.7. The first-order valence-electron chi connectivity index (χ1n) is 7.35. The average molecular weight is 440 g/mol. The van der Waals surface area contributed by atoms with Crippen molar-refractivity contribution in [1.29, 1.82) is 0 Å². The predicted molar refractivity (Wildman–Crippen MR) is 104 cm³/mol. The molecule has 0 fully saturated rings. The first-order chi connectivity index (χ1) is 12.4. The highest BCUT2D eigenvalue weighted by molar-refractivity contribution is 9.10. The third kappa shape index (κ3) is 6.65. The molecule has 2 aromatic rings. The molecule has 136 valence electrons. The van der Waals surface area contributed by atoms with E-state index in [-0.39, 0.29) is 10.8 Å². The molecule has 0 spiro atoms. The monoisotopic (exact) mass is 439 g/mol. The van der Waals surface area contributed by atoms with E-state index in [9.17, 15) is 14.0 Å². The Bertz CT molecular complexity index is 803. The van der Waals surface area contributed by atoms with Crippen molar-refractivity contribution in [3.63, 3.8) is 0 Å². The van der Waals surface area contributed by atoms with Crippen LogP contribution < -0.4 is 27.0 Å². The summed E-state index contributed by atoms with van der Waals surface area (Å²) in [5.41, 5.74) is 10.2. The van der Waals surface area contributed by atoms with Gasteiger partial charge in [0.25, 0.3) is 0 Å². The van der Waals surface area contributed by atoms with Gasteiger partial charge in [-0.2, -0.15) is 0 Å². The summed E-state index contributed by atoms with van der Waals surface area (Å²) in [7, 11) is 0. The van der Waals surface area contributed by atoms with Gasteiger partial charge in [0.15, 0.2) is 5.11 Å². The van der Waals surface area contributed by atoms with E-state index in [4.69, 9.17) is 12.2 Å². The lowest BCUT2D eigenvalue weighted by atomic mass is 10.3. The Kier molecular flexibility index (Phi) is 7.30. The van der Waals surface area contributed by atoms with E-state index in [0.717, 1.165) is 10.2 Å². The number of rotatable bonds is 5. The van der Waals surface area contributed by atoms with Crippen LogP contribution >= 0.6 is 28.1 Å². The normalized spacial score (nSPS) is 9.77. The molecule has 0 aliphatic rings. The van der Waals surface area contributed by atoms with Gasteiger partial charge in [-0.25, -0.2) is 4.39 Å². The van der Waals surface area contributed by atoms with Crippen LogP contribution in [0.25, 0.3) is 0 Å². The Morgan fingerprint density at radius 3 is 2.31 bits per heavy atom. The molecule has 2 amide bonds. The van der Waals surface area contributed by atoms with Crippen LogP contribution in [0.4, 0.5) is 15.8 Å². The van der Waals surface area contributed by atoms with Crippen molar-refractivity contribution >= 4 is 56.4 Å². The van der Waals surface area contributed by atoms with Gasteiger partial charge in [-0.15, -0.1) is 0 Å². The van der Waals surface area contributed by atoms with E-state index in [1.165, 1.54) is 18.2 Å². The van der Waals surface area contributed by atoms with Crippen LogP contribution in [0.3, 0.4) is 0 Å². The van der Waals surface area contributed by atoms with Crippen molar-refractivity contribution in [3.05, 3.63) is 58.8 Å². The number of halogens is 2. The van der Waals surface area contributed by atoms with Gasteiger partial charge in [-0.3, -0.25) is 31.3 Å². The highest BCUT2D eigenvalue weighted by Gasteiger charge is 2.10. The standard InChI is InChI=1S/C16H15BrFN5O2S/c17-10-5-7-11(8-6-10)19-16(26)23-22-15(25)9-14(24)21-20-13-4-2-1-3-12(13)18/h1-8,20H,9H2,(H,21,24)(H,22,25)(H2,19,23,26). The minimum Gasteiger partial charge on any atom is -0.331 e. The molecule has 26 heavy (non-hydrogen) atoms. The second kappa shape index (κ2) is 9.68. The number of para-hydroxylation sites is 1. The van der Waals surface area contributed by atoms with Crippen LogP contribution in [0.5, 0.6) is 0 Å². The second-order valence-electron chi connectivity index (χ2n) is 4.96. The van der Waals surface area contributed by atoms with Crippen molar-refractivity contribution in [1.82, 2.24) is 16.3 Å². The number of hydrogen-bond acceptors (Lipinski definition) is 4. The van der Waals surface area contributed by atoms with Gasteiger partial charge in [-0.05, 0) is 48.6 Å². The zero-order valence-electron chi connectivity index (χ0n) is 13.3. The minimum atomic E-state index is -0.639. The van der Waals surface area contributed by atoms with Crippen LogP contribution in [0.15, 0.2) is 53.0 Å². The minimum absolute atomic E-state index is 0.0965. The van der Waals surface area contributed by atoms with E-state index in [1.54, 1.807) is 18.2 Å². The van der Waals surface area contributed by atoms with Crippen molar-refractivity contribution < 1.29 is 14.0 Å². The quantitative estimate of drug-likeness (QED) is 0.279. The summed E-state index contributed by atoms with van der Waals surface area (Å²) in [4.78, 5) is 23.4. The van der Waals surface area contributed by atoms with Crippen molar-refractivity contribution in [2.45, 2.75) is 6.42 Å². The fraction of sp³-hybridized carbons (Fsp3) is 0.0625. The molecule has 0 radical (unpaired) electrons. The van der Waals surface area contributed by atoms with Crippen molar-refractivity contribution in [2.24, 2.45) is 0 Å².